The summed E-state index contributed by atoms with van der Waals surface area (Å²) in [7, 11) is 1.64. The van der Waals surface area contributed by atoms with Gasteiger partial charge in [0.15, 0.2) is 11.6 Å². The van der Waals surface area contributed by atoms with E-state index in [0.717, 1.165) is 31.4 Å². The van der Waals surface area contributed by atoms with Gasteiger partial charge in [-0.15, -0.1) is 0 Å². The molecule has 3 unspecified atom stereocenters. The highest BCUT2D eigenvalue weighted by Gasteiger charge is 2.42. The highest BCUT2D eigenvalue weighted by molar-refractivity contribution is 5.81. The van der Waals surface area contributed by atoms with Crippen LogP contribution in [0.25, 0.3) is 0 Å². The third kappa shape index (κ3) is 2.53. The first-order chi connectivity index (χ1) is 10.1. The summed E-state index contributed by atoms with van der Waals surface area (Å²) in [5.41, 5.74) is 0.557. The van der Waals surface area contributed by atoms with Crippen LogP contribution in [0.1, 0.15) is 31.0 Å². The van der Waals surface area contributed by atoms with E-state index in [0.29, 0.717) is 5.56 Å². The Morgan fingerprint density at radius 2 is 2.10 bits per heavy atom. The van der Waals surface area contributed by atoms with Gasteiger partial charge in [-0.2, -0.15) is 0 Å². The summed E-state index contributed by atoms with van der Waals surface area (Å²) in [6, 6.07) is 3.74. The van der Waals surface area contributed by atoms with Crippen molar-refractivity contribution in [2.24, 2.45) is 0 Å². The minimum absolute atomic E-state index is 0.00152. The maximum atomic E-state index is 13.4. The summed E-state index contributed by atoms with van der Waals surface area (Å²) >= 11 is 0. The molecule has 1 N–H and O–H groups in total. The van der Waals surface area contributed by atoms with Crippen molar-refractivity contribution in [3.63, 3.8) is 0 Å². The number of carbonyl (C=O) groups is 1. The van der Waals surface area contributed by atoms with Crippen LogP contribution < -0.4 is 5.32 Å². The minimum Gasteiger partial charge on any atom is -0.379 e. The number of nitrogens with one attached hydrogen (secondary N) is 1. The quantitative estimate of drug-likeness (QED) is 0.927. The van der Waals surface area contributed by atoms with E-state index < -0.39 is 17.8 Å². The Morgan fingerprint density at radius 3 is 2.81 bits per heavy atom. The van der Waals surface area contributed by atoms with Gasteiger partial charge in [-0.1, -0.05) is 6.07 Å². The molecule has 2 aliphatic rings. The summed E-state index contributed by atoms with van der Waals surface area (Å²) in [5, 5.41) is 3.07. The van der Waals surface area contributed by atoms with Crippen LogP contribution in [-0.2, 0) is 9.53 Å². The van der Waals surface area contributed by atoms with E-state index in [2.05, 4.69) is 5.32 Å². The molecule has 1 heterocycles. The SMILES string of the molecule is COC1CCCC1N1C(=O)CNC1c1ccc(F)c(F)c1. The van der Waals surface area contributed by atoms with Crippen molar-refractivity contribution in [1.82, 2.24) is 10.2 Å². The number of methoxy groups -OCH3 is 1. The van der Waals surface area contributed by atoms with Crippen molar-refractivity contribution in [2.45, 2.75) is 37.6 Å². The molecule has 2 fully saturated rings. The number of ether oxygens (including phenoxy) is 1. The fourth-order valence-electron chi connectivity index (χ4n) is 3.35. The Morgan fingerprint density at radius 1 is 1.29 bits per heavy atom. The number of amides is 1. The molecule has 1 aliphatic heterocycles. The lowest BCUT2D eigenvalue weighted by atomic mass is 10.1. The van der Waals surface area contributed by atoms with Gasteiger partial charge in [0.2, 0.25) is 5.91 Å². The van der Waals surface area contributed by atoms with E-state index in [1.54, 1.807) is 12.0 Å². The van der Waals surface area contributed by atoms with Gasteiger partial charge in [0.25, 0.3) is 0 Å². The predicted octanol–water partition coefficient (Wildman–Crippen LogP) is 1.96. The van der Waals surface area contributed by atoms with Crippen molar-refractivity contribution < 1.29 is 18.3 Å². The van der Waals surface area contributed by atoms with Crippen LogP contribution in [0.2, 0.25) is 0 Å². The summed E-state index contributed by atoms with van der Waals surface area (Å²) in [6.07, 6.45) is 2.36. The van der Waals surface area contributed by atoms with Crippen LogP contribution in [0.5, 0.6) is 0 Å². The molecule has 3 rings (SSSR count). The van der Waals surface area contributed by atoms with Gasteiger partial charge >= 0.3 is 0 Å². The van der Waals surface area contributed by atoms with Gasteiger partial charge in [0.1, 0.15) is 6.17 Å². The zero-order valence-corrected chi connectivity index (χ0v) is 11.8. The van der Waals surface area contributed by atoms with Crippen molar-refractivity contribution >= 4 is 5.91 Å². The van der Waals surface area contributed by atoms with Crippen LogP contribution in [0.4, 0.5) is 8.78 Å². The average molecular weight is 296 g/mol. The molecular weight excluding hydrogens is 278 g/mol. The summed E-state index contributed by atoms with van der Waals surface area (Å²) in [6.45, 7) is 0.205. The fourth-order valence-corrected chi connectivity index (χ4v) is 3.35. The number of halogens is 2. The molecule has 1 amide bonds. The lowest BCUT2D eigenvalue weighted by Gasteiger charge is -2.33. The highest BCUT2D eigenvalue weighted by Crippen LogP contribution is 2.34. The maximum absolute atomic E-state index is 13.4. The monoisotopic (exact) mass is 296 g/mol. The molecule has 6 heteroatoms. The Labute approximate surface area is 122 Å². The molecule has 0 radical (unpaired) electrons. The Bertz CT molecular complexity index is 552. The normalized spacial score (nSPS) is 29.4. The molecule has 4 nitrogen and oxygen atoms in total. The minimum atomic E-state index is -0.900. The van der Waals surface area contributed by atoms with Gasteiger partial charge in [0.05, 0.1) is 18.7 Å². The molecule has 3 atom stereocenters. The number of nitrogens with zero attached hydrogens (tertiary/aromatic N) is 1. The Hall–Kier alpha value is -1.53. The third-order valence-corrected chi connectivity index (χ3v) is 4.35. The average Bonchev–Trinajstić information content (AvgIpc) is 3.07. The smallest absolute Gasteiger partial charge is 0.238 e. The van der Waals surface area contributed by atoms with Gasteiger partial charge < -0.3 is 9.64 Å². The molecule has 114 valence electrons. The molecule has 0 bridgehead atoms. The molecule has 21 heavy (non-hydrogen) atoms. The van der Waals surface area contributed by atoms with Gasteiger partial charge in [0, 0.05) is 7.11 Å². The van der Waals surface area contributed by atoms with Gasteiger partial charge in [-0.05, 0) is 37.0 Å². The Balaban J connectivity index is 1.90. The standard InChI is InChI=1S/C15H18F2N2O2/c1-21-13-4-2-3-12(13)19-14(20)8-18-15(19)9-5-6-10(16)11(17)7-9/h5-7,12-13,15,18H,2-4,8H2,1H3. The van der Waals surface area contributed by atoms with Crippen molar-refractivity contribution in [2.75, 3.05) is 13.7 Å². The van der Waals surface area contributed by atoms with Crippen LogP contribution in [0, 0.1) is 11.6 Å². The van der Waals surface area contributed by atoms with E-state index >= 15 is 0 Å². The first-order valence-electron chi connectivity index (χ1n) is 7.14. The van der Waals surface area contributed by atoms with Crippen molar-refractivity contribution in [1.29, 1.82) is 0 Å². The van der Waals surface area contributed by atoms with Crippen LogP contribution in [-0.4, -0.2) is 36.6 Å². The molecule has 1 saturated heterocycles. The van der Waals surface area contributed by atoms with E-state index in [1.165, 1.54) is 6.07 Å². The van der Waals surface area contributed by atoms with Crippen LogP contribution in [0.3, 0.4) is 0 Å². The van der Waals surface area contributed by atoms with Crippen molar-refractivity contribution in [3.8, 4) is 0 Å². The molecule has 1 aromatic rings. The van der Waals surface area contributed by atoms with Crippen LogP contribution in [0.15, 0.2) is 18.2 Å². The summed E-state index contributed by atoms with van der Waals surface area (Å²) < 4.78 is 32.0. The van der Waals surface area contributed by atoms with Crippen molar-refractivity contribution in [3.05, 3.63) is 35.4 Å². The third-order valence-electron chi connectivity index (χ3n) is 4.35. The molecular formula is C15H18F2N2O2. The van der Waals surface area contributed by atoms with Crippen LogP contribution >= 0.6 is 0 Å². The molecule has 1 saturated carbocycles. The summed E-state index contributed by atoms with van der Waals surface area (Å²) in [4.78, 5) is 13.9. The van der Waals surface area contributed by atoms with E-state index in [9.17, 15) is 13.6 Å². The number of benzene rings is 1. The van der Waals surface area contributed by atoms with Gasteiger partial charge in [-0.3, -0.25) is 10.1 Å². The Kier molecular flexibility index (Phi) is 3.91. The first kappa shape index (κ1) is 14.4. The fraction of sp³-hybridized carbons (Fsp3) is 0.533. The molecule has 1 aliphatic carbocycles. The molecule has 1 aromatic carbocycles. The second kappa shape index (κ2) is 5.69. The summed E-state index contributed by atoms with van der Waals surface area (Å²) in [5.74, 6) is -1.81. The molecule has 0 spiro atoms. The number of hydrogen-bond acceptors (Lipinski definition) is 3. The highest BCUT2D eigenvalue weighted by atomic mass is 19.2. The number of rotatable bonds is 3. The maximum Gasteiger partial charge on any atom is 0.238 e. The predicted molar refractivity (Wildman–Crippen MR) is 72.4 cm³/mol. The van der Waals surface area contributed by atoms with E-state index in [1.807, 2.05) is 0 Å². The lowest BCUT2D eigenvalue weighted by Crippen LogP contribution is -2.44. The lowest BCUT2D eigenvalue weighted by molar-refractivity contribution is -0.132. The number of carbonyl (C=O) groups excluding carboxylic acids is 1. The van der Waals surface area contributed by atoms with E-state index in [4.69, 9.17) is 4.74 Å². The largest absolute Gasteiger partial charge is 0.379 e. The molecule has 0 aromatic heterocycles. The second-order valence-corrected chi connectivity index (χ2v) is 5.53. The number of hydrogen-bond donors (Lipinski definition) is 1. The van der Waals surface area contributed by atoms with Gasteiger partial charge in [-0.25, -0.2) is 8.78 Å². The second-order valence-electron chi connectivity index (χ2n) is 5.53. The first-order valence-corrected chi connectivity index (χ1v) is 7.14. The zero-order chi connectivity index (χ0) is 15.0. The topological polar surface area (TPSA) is 41.6 Å². The zero-order valence-electron chi connectivity index (χ0n) is 11.8. The van der Waals surface area contributed by atoms with E-state index in [-0.39, 0.29) is 24.6 Å².